The van der Waals surface area contributed by atoms with Gasteiger partial charge >= 0.3 is 0 Å². The average Bonchev–Trinajstić information content (AvgIpc) is 3.14. The minimum atomic E-state index is 0.0387. The first-order chi connectivity index (χ1) is 10.2. The Kier molecular flexibility index (Phi) is 3.94. The zero-order valence-electron chi connectivity index (χ0n) is 11.8. The zero-order valence-corrected chi connectivity index (χ0v) is 13.4. The van der Waals surface area contributed by atoms with Crippen molar-refractivity contribution in [1.82, 2.24) is 24.7 Å². The van der Waals surface area contributed by atoms with E-state index in [4.69, 9.17) is 12.2 Å². The first-order valence-corrected chi connectivity index (χ1v) is 7.95. The quantitative estimate of drug-likeness (QED) is 0.747. The normalized spacial score (nSPS) is 12.5. The van der Waals surface area contributed by atoms with Crippen molar-refractivity contribution in [1.29, 1.82) is 0 Å². The zero-order chi connectivity index (χ0) is 14.8. The predicted octanol–water partition coefficient (Wildman–Crippen LogP) is 3.63. The molecule has 0 saturated carbocycles. The number of rotatable bonds is 4. The lowest BCUT2D eigenvalue weighted by Crippen LogP contribution is -2.08. The van der Waals surface area contributed by atoms with Gasteiger partial charge in [0, 0.05) is 29.0 Å². The number of hydrogen-bond acceptors (Lipinski definition) is 5. The molecule has 5 nitrogen and oxygen atoms in total. The summed E-state index contributed by atoms with van der Waals surface area (Å²) in [4.78, 5) is 9.93. The average molecular weight is 317 g/mol. The van der Waals surface area contributed by atoms with Crippen LogP contribution in [-0.2, 0) is 6.42 Å². The number of aromatic nitrogens is 5. The van der Waals surface area contributed by atoms with E-state index in [2.05, 4.69) is 34.0 Å². The molecule has 0 aliphatic rings. The van der Waals surface area contributed by atoms with Gasteiger partial charge in [-0.25, -0.2) is 4.98 Å². The van der Waals surface area contributed by atoms with E-state index in [1.54, 1.807) is 23.7 Å². The van der Waals surface area contributed by atoms with Gasteiger partial charge in [0.25, 0.3) is 0 Å². The van der Waals surface area contributed by atoms with Crippen LogP contribution in [0.1, 0.15) is 29.8 Å². The number of aryl methyl sites for hydroxylation is 1. The second kappa shape index (κ2) is 5.87. The molecule has 3 aromatic rings. The van der Waals surface area contributed by atoms with Crippen LogP contribution in [0.15, 0.2) is 30.7 Å². The maximum absolute atomic E-state index is 5.39. The predicted molar refractivity (Wildman–Crippen MR) is 85.9 cm³/mol. The third-order valence-electron chi connectivity index (χ3n) is 3.29. The van der Waals surface area contributed by atoms with E-state index >= 15 is 0 Å². The lowest BCUT2D eigenvalue weighted by Gasteiger charge is -2.13. The first kappa shape index (κ1) is 14.1. The molecule has 1 atom stereocenters. The first-order valence-electron chi connectivity index (χ1n) is 6.72. The molecule has 3 aromatic heterocycles. The van der Waals surface area contributed by atoms with E-state index < -0.39 is 0 Å². The van der Waals surface area contributed by atoms with Crippen molar-refractivity contribution in [2.75, 3.05) is 0 Å². The number of aromatic amines is 1. The molecular weight excluding hydrogens is 302 g/mol. The molecule has 0 bridgehead atoms. The number of nitrogens with zero attached hydrogens (tertiary/aromatic N) is 4. The Hall–Kier alpha value is -1.86. The molecule has 1 unspecified atom stereocenters. The van der Waals surface area contributed by atoms with Crippen molar-refractivity contribution in [2.45, 2.75) is 26.3 Å². The second-order valence-electron chi connectivity index (χ2n) is 4.66. The van der Waals surface area contributed by atoms with E-state index in [1.165, 1.54) is 4.88 Å². The van der Waals surface area contributed by atoms with Crippen LogP contribution in [0.4, 0.5) is 0 Å². The topological polar surface area (TPSA) is 59.4 Å². The Morgan fingerprint density at radius 1 is 1.43 bits per heavy atom. The van der Waals surface area contributed by atoms with Crippen molar-refractivity contribution in [2.24, 2.45) is 0 Å². The van der Waals surface area contributed by atoms with Crippen LogP contribution in [0, 0.1) is 4.77 Å². The number of hydrogen-bond donors (Lipinski definition) is 1. The molecule has 108 valence electrons. The van der Waals surface area contributed by atoms with Crippen LogP contribution in [0.3, 0.4) is 0 Å². The van der Waals surface area contributed by atoms with E-state index in [0.29, 0.717) is 4.77 Å². The van der Waals surface area contributed by atoms with Crippen LogP contribution in [0.5, 0.6) is 0 Å². The van der Waals surface area contributed by atoms with E-state index in [0.717, 1.165) is 22.8 Å². The number of H-pyrrole nitrogens is 1. The van der Waals surface area contributed by atoms with Gasteiger partial charge in [0.05, 0.1) is 6.04 Å². The molecule has 0 amide bonds. The summed E-state index contributed by atoms with van der Waals surface area (Å²) in [6, 6.07) is 3.90. The van der Waals surface area contributed by atoms with Crippen LogP contribution >= 0.6 is 23.6 Å². The Bertz CT molecular complexity index is 787. The maximum atomic E-state index is 5.39. The fourth-order valence-electron chi connectivity index (χ4n) is 2.15. The molecule has 0 fully saturated rings. The van der Waals surface area contributed by atoms with Gasteiger partial charge < -0.3 is 0 Å². The summed E-state index contributed by atoms with van der Waals surface area (Å²) >= 11 is 7.10. The van der Waals surface area contributed by atoms with E-state index in [9.17, 15) is 0 Å². The van der Waals surface area contributed by atoms with Gasteiger partial charge in [-0.1, -0.05) is 6.92 Å². The standard InChI is InChI=1S/C14H15N5S2/c1-3-11-8-16-13(21-11)9(2)19-12(17-18-14(19)20)10-5-4-6-15-7-10/h4-9H,3H2,1-2H3,(H,18,20). The fourth-order valence-corrected chi connectivity index (χ4v) is 3.34. The molecule has 0 radical (unpaired) electrons. The summed E-state index contributed by atoms with van der Waals surface area (Å²) in [6.07, 6.45) is 6.46. The van der Waals surface area contributed by atoms with Crippen molar-refractivity contribution >= 4 is 23.6 Å². The van der Waals surface area contributed by atoms with Gasteiger partial charge in [-0.2, -0.15) is 5.10 Å². The van der Waals surface area contributed by atoms with Crippen molar-refractivity contribution in [3.63, 3.8) is 0 Å². The Morgan fingerprint density at radius 2 is 2.29 bits per heavy atom. The third kappa shape index (κ3) is 2.66. The van der Waals surface area contributed by atoms with Crippen molar-refractivity contribution in [3.05, 3.63) is 45.4 Å². The number of thiazole rings is 1. The summed E-state index contributed by atoms with van der Waals surface area (Å²) in [5.74, 6) is 0.786. The number of pyridine rings is 1. The molecule has 21 heavy (non-hydrogen) atoms. The SMILES string of the molecule is CCc1cnc(C(C)n2c(-c3cccnc3)n[nH]c2=S)s1. The summed E-state index contributed by atoms with van der Waals surface area (Å²) < 4.78 is 2.58. The Balaban J connectivity index is 2.06. The fraction of sp³-hybridized carbons (Fsp3) is 0.286. The lowest BCUT2D eigenvalue weighted by molar-refractivity contribution is 0.631. The highest BCUT2D eigenvalue weighted by Crippen LogP contribution is 2.28. The molecule has 0 aromatic carbocycles. The maximum Gasteiger partial charge on any atom is 0.196 e. The van der Waals surface area contributed by atoms with Gasteiger partial charge in [-0.3, -0.25) is 14.6 Å². The summed E-state index contributed by atoms with van der Waals surface area (Å²) in [5, 5.41) is 8.25. The van der Waals surface area contributed by atoms with Crippen LogP contribution in [0.25, 0.3) is 11.4 Å². The molecule has 0 saturated heterocycles. The van der Waals surface area contributed by atoms with Gasteiger partial charge in [0.1, 0.15) is 5.01 Å². The molecule has 3 rings (SSSR count). The van der Waals surface area contributed by atoms with Gasteiger partial charge in [0.2, 0.25) is 0 Å². The monoisotopic (exact) mass is 317 g/mol. The highest BCUT2D eigenvalue weighted by Gasteiger charge is 2.18. The smallest absolute Gasteiger partial charge is 0.196 e. The van der Waals surface area contributed by atoms with E-state index in [-0.39, 0.29) is 6.04 Å². The van der Waals surface area contributed by atoms with Gasteiger partial charge in [-0.05, 0) is 37.7 Å². The largest absolute Gasteiger partial charge is 0.290 e. The molecular formula is C14H15N5S2. The van der Waals surface area contributed by atoms with Crippen LogP contribution < -0.4 is 0 Å². The highest BCUT2D eigenvalue weighted by molar-refractivity contribution is 7.71. The minimum Gasteiger partial charge on any atom is -0.290 e. The van der Waals surface area contributed by atoms with Crippen LogP contribution in [0.2, 0.25) is 0 Å². The Morgan fingerprint density at radius 3 is 2.95 bits per heavy atom. The Labute approximate surface area is 131 Å². The molecule has 7 heteroatoms. The number of nitrogens with one attached hydrogen (secondary N) is 1. The minimum absolute atomic E-state index is 0.0387. The molecule has 0 spiro atoms. The summed E-state index contributed by atoms with van der Waals surface area (Å²) in [5.41, 5.74) is 0.934. The van der Waals surface area contributed by atoms with Gasteiger partial charge in [-0.15, -0.1) is 11.3 Å². The van der Waals surface area contributed by atoms with Crippen molar-refractivity contribution < 1.29 is 0 Å². The molecule has 0 aliphatic heterocycles. The lowest BCUT2D eigenvalue weighted by atomic mass is 10.2. The summed E-state index contributed by atoms with van der Waals surface area (Å²) in [6.45, 7) is 4.22. The highest BCUT2D eigenvalue weighted by atomic mass is 32.1. The second-order valence-corrected chi connectivity index (χ2v) is 6.19. The molecule has 1 N–H and O–H groups in total. The summed E-state index contributed by atoms with van der Waals surface area (Å²) in [7, 11) is 0. The molecule has 3 heterocycles. The van der Waals surface area contributed by atoms with E-state index in [1.807, 2.05) is 22.9 Å². The third-order valence-corrected chi connectivity index (χ3v) is 4.89. The van der Waals surface area contributed by atoms with Crippen molar-refractivity contribution in [3.8, 4) is 11.4 Å². The molecule has 0 aliphatic carbocycles. The van der Waals surface area contributed by atoms with Gasteiger partial charge in [0.15, 0.2) is 10.6 Å². The van der Waals surface area contributed by atoms with Crippen LogP contribution in [-0.4, -0.2) is 24.7 Å².